The second-order valence-corrected chi connectivity index (χ2v) is 7.29. The zero-order valence-electron chi connectivity index (χ0n) is 16.4. The van der Waals surface area contributed by atoms with Crippen LogP contribution in [0.1, 0.15) is 18.1 Å². The van der Waals surface area contributed by atoms with Crippen LogP contribution in [-0.4, -0.2) is 31.1 Å². The molecule has 3 rings (SSSR count). The fourth-order valence-electron chi connectivity index (χ4n) is 2.70. The van der Waals surface area contributed by atoms with Gasteiger partial charge in [-0.05, 0) is 65.7 Å². The van der Waals surface area contributed by atoms with Gasteiger partial charge in [0.25, 0.3) is 11.8 Å². The van der Waals surface area contributed by atoms with Gasteiger partial charge in [-0.2, -0.15) is 0 Å². The average molecular weight is 474 g/mol. The number of amides is 4. The fourth-order valence-corrected chi connectivity index (χ4v) is 3.27. The molecule has 0 unspecified atom stereocenters. The molecule has 9 heteroatoms. The van der Waals surface area contributed by atoms with Crippen molar-refractivity contribution in [3.8, 4) is 11.5 Å². The largest absolute Gasteiger partial charge is 0.490 e. The molecule has 0 aromatic heterocycles. The zero-order valence-corrected chi connectivity index (χ0v) is 18.0. The molecule has 30 heavy (non-hydrogen) atoms. The summed E-state index contributed by atoms with van der Waals surface area (Å²) in [5.41, 5.74) is 2.51. The van der Waals surface area contributed by atoms with E-state index >= 15 is 0 Å². The molecule has 1 fully saturated rings. The smallest absolute Gasteiger partial charge is 0.326 e. The second kappa shape index (κ2) is 9.45. The van der Waals surface area contributed by atoms with Gasteiger partial charge >= 0.3 is 6.03 Å². The van der Waals surface area contributed by atoms with Crippen LogP contribution in [0, 0.1) is 6.92 Å². The van der Waals surface area contributed by atoms with Gasteiger partial charge in [0.1, 0.15) is 5.70 Å². The van der Waals surface area contributed by atoms with Crippen LogP contribution in [-0.2, 0) is 9.59 Å². The molecule has 0 spiro atoms. The standard InChI is InChI=1S/C21H20BrN3O5/c1-3-29-17-10-13(9-16-20(27)25-21(28)24-16)8-15(22)19(17)30-11-18(26)23-14-6-4-12(2)5-7-14/h4-10H,3,11H2,1-2H3,(H,23,26)(H2,24,25,27,28)/b16-9+. The van der Waals surface area contributed by atoms with Crippen LogP contribution in [0.25, 0.3) is 6.08 Å². The van der Waals surface area contributed by atoms with Crippen molar-refractivity contribution in [1.82, 2.24) is 10.6 Å². The highest BCUT2D eigenvalue weighted by molar-refractivity contribution is 9.10. The Morgan fingerprint density at radius 1 is 1.13 bits per heavy atom. The minimum absolute atomic E-state index is 0.125. The average Bonchev–Trinajstić information content (AvgIpc) is 3.00. The van der Waals surface area contributed by atoms with Crippen LogP contribution in [0.15, 0.2) is 46.6 Å². The second-order valence-electron chi connectivity index (χ2n) is 6.43. The van der Waals surface area contributed by atoms with Crippen LogP contribution < -0.4 is 25.4 Å². The Morgan fingerprint density at radius 2 is 1.87 bits per heavy atom. The molecular weight excluding hydrogens is 454 g/mol. The van der Waals surface area contributed by atoms with Crippen molar-refractivity contribution in [3.05, 3.63) is 57.7 Å². The molecule has 2 aromatic rings. The fraction of sp³-hybridized carbons (Fsp3) is 0.190. The molecule has 1 aliphatic rings. The number of carbonyl (C=O) groups excluding carboxylic acids is 3. The lowest BCUT2D eigenvalue weighted by Crippen LogP contribution is -2.22. The van der Waals surface area contributed by atoms with Gasteiger partial charge in [-0.1, -0.05) is 17.7 Å². The molecule has 0 saturated carbocycles. The number of ether oxygens (including phenoxy) is 2. The number of aryl methyl sites for hydroxylation is 1. The molecule has 0 atom stereocenters. The van der Waals surface area contributed by atoms with Crippen LogP contribution in [0.5, 0.6) is 11.5 Å². The summed E-state index contributed by atoms with van der Waals surface area (Å²) in [6.45, 7) is 3.94. The molecule has 1 heterocycles. The number of urea groups is 1. The van der Waals surface area contributed by atoms with Crippen molar-refractivity contribution in [1.29, 1.82) is 0 Å². The number of hydrogen-bond donors (Lipinski definition) is 3. The third-order valence-electron chi connectivity index (χ3n) is 4.05. The first-order valence-corrected chi connectivity index (χ1v) is 9.94. The highest BCUT2D eigenvalue weighted by atomic mass is 79.9. The van der Waals surface area contributed by atoms with Crippen LogP contribution in [0.4, 0.5) is 10.5 Å². The summed E-state index contributed by atoms with van der Waals surface area (Å²) in [7, 11) is 0. The molecule has 0 bridgehead atoms. The molecule has 2 aromatic carbocycles. The normalized spacial score (nSPS) is 14.3. The highest BCUT2D eigenvalue weighted by Crippen LogP contribution is 2.37. The Bertz CT molecular complexity index is 1020. The Hall–Kier alpha value is -3.33. The third-order valence-corrected chi connectivity index (χ3v) is 4.63. The van der Waals surface area contributed by atoms with E-state index in [2.05, 4.69) is 31.9 Å². The van der Waals surface area contributed by atoms with Crippen molar-refractivity contribution in [2.45, 2.75) is 13.8 Å². The van der Waals surface area contributed by atoms with Crippen molar-refractivity contribution in [3.63, 3.8) is 0 Å². The zero-order chi connectivity index (χ0) is 21.7. The van der Waals surface area contributed by atoms with E-state index in [1.807, 2.05) is 38.1 Å². The number of carbonyl (C=O) groups is 3. The van der Waals surface area contributed by atoms with E-state index in [1.54, 1.807) is 12.1 Å². The lowest BCUT2D eigenvalue weighted by atomic mass is 10.1. The van der Waals surface area contributed by atoms with E-state index in [0.29, 0.717) is 33.8 Å². The van der Waals surface area contributed by atoms with E-state index in [4.69, 9.17) is 9.47 Å². The van der Waals surface area contributed by atoms with Crippen LogP contribution in [0.2, 0.25) is 0 Å². The quantitative estimate of drug-likeness (QED) is 0.422. The number of halogens is 1. The summed E-state index contributed by atoms with van der Waals surface area (Å²) in [5, 5.41) is 7.33. The first-order valence-electron chi connectivity index (χ1n) is 9.15. The molecule has 8 nitrogen and oxygen atoms in total. The molecule has 4 amide bonds. The summed E-state index contributed by atoms with van der Waals surface area (Å²) in [4.78, 5) is 35.2. The summed E-state index contributed by atoms with van der Waals surface area (Å²) >= 11 is 3.42. The third kappa shape index (κ3) is 5.38. The topological polar surface area (TPSA) is 106 Å². The van der Waals surface area contributed by atoms with Gasteiger partial charge in [-0.15, -0.1) is 0 Å². The molecule has 156 valence electrons. The summed E-state index contributed by atoms with van der Waals surface area (Å²) in [6.07, 6.45) is 1.52. The molecule has 0 radical (unpaired) electrons. The number of imide groups is 1. The maximum atomic E-state index is 12.2. The number of benzene rings is 2. The molecule has 1 saturated heterocycles. The maximum absolute atomic E-state index is 12.2. The molecule has 1 aliphatic heterocycles. The van der Waals surface area contributed by atoms with Crippen molar-refractivity contribution in [2.75, 3.05) is 18.5 Å². The van der Waals surface area contributed by atoms with Gasteiger partial charge in [0.2, 0.25) is 0 Å². The van der Waals surface area contributed by atoms with E-state index < -0.39 is 11.9 Å². The van der Waals surface area contributed by atoms with E-state index in [1.165, 1.54) is 6.08 Å². The van der Waals surface area contributed by atoms with Crippen molar-refractivity contribution < 1.29 is 23.9 Å². The van der Waals surface area contributed by atoms with E-state index in [-0.39, 0.29) is 18.2 Å². The van der Waals surface area contributed by atoms with Gasteiger partial charge < -0.3 is 20.1 Å². The Balaban J connectivity index is 1.74. The monoisotopic (exact) mass is 473 g/mol. The molecule has 0 aliphatic carbocycles. The molecule has 3 N–H and O–H groups in total. The van der Waals surface area contributed by atoms with Gasteiger partial charge in [-0.25, -0.2) is 4.79 Å². The lowest BCUT2D eigenvalue weighted by Gasteiger charge is -2.15. The van der Waals surface area contributed by atoms with Crippen molar-refractivity contribution in [2.24, 2.45) is 0 Å². The Morgan fingerprint density at radius 3 is 2.50 bits per heavy atom. The highest BCUT2D eigenvalue weighted by Gasteiger charge is 2.23. The number of anilines is 1. The van der Waals surface area contributed by atoms with E-state index in [9.17, 15) is 14.4 Å². The van der Waals surface area contributed by atoms with E-state index in [0.717, 1.165) is 5.56 Å². The first-order chi connectivity index (χ1) is 14.4. The van der Waals surface area contributed by atoms with Crippen LogP contribution in [0.3, 0.4) is 0 Å². The predicted molar refractivity (Wildman–Crippen MR) is 115 cm³/mol. The number of hydrogen-bond acceptors (Lipinski definition) is 5. The number of nitrogens with one attached hydrogen (secondary N) is 3. The van der Waals surface area contributed by atoms with Gasteiger partial charge in [0.05, 0.1) is 11.1 Å². The van der Waals surface area contributed by atoms with Crippen LogP contribution >= 0.6 is 15.9 Å². The Kier molecular flexibility index (Phi) is 6.73. The minimum Gasteiger partial charge on any atom is -0.490 e. The Labute approximate surface area is 181 Å². The summed E-state index contributed by atoms with van der Waals surface area (Å²) < 4.78 is 11.9. The van der Waals surface area contributed by atoms with Gasteiger partial charge in [0.15, 0.2) is 18.1 Å². The van der Waals surface area contributed by atoms with Gasteiger partial charge in [-0.3, -0.25) is 14.9 Å². The van der Waals surface area contributed by atoms with Crippen molar-refractivity contribution >= 4 is 45.5 Å². The first kappa shape index (κ1) is 21.4. The minimum atomic E-state index is -0.574. The predicted octanol–water partition coefficient (Wildman–Crippen LogP) is 3.35. The SMILES string of the molecule is CCOc1cc(/C=C2/NC(=O)NC2=O)cc(Br)c1OCC(=O)Nc1ccc(C)cc1. The number of rotatable bonds is 7. The summed E-state index contributed by atoms with van der Waals surface area (Å²) in [6, 6.07) is 10.2. The van der Waals surface area contributed by atoms with Gasteiger partial charge in [0, 0.05) is 5.69 Å². The molecular formula is C21H20BrN3O5. The summed E-state index contributed by atoms with van der Waals surface area (Å²) in [5.74, 6) is -0.0727. The lowest BCUT2D eigenvalue weighted by molar-refractivity contribution is -0.118. The maximum Gasteiger partial charge on any atom is 0.326 e.